The molecule has 2 saturated heterocycles. The van der Waals surface area contributed by atoms with Gasteiger partial charge in [-0.1, -0.05) is 30.3 Å². The lowest BCUT2D eigenvalue weighted by atomic mass is 10.1. The maximum atomic E-state index is 13.6. The van der Waals surface area contributed by atoms with E-state index < -0.39 is 11.8 Å². The van der Waals surface area contributed by atoms with E-state index in [1.807, 2.05) is 30.3 Å². The van der Waals surface area contributed by atoms with Gasteiger partial charge in [-0.25, -0.2) is 0 Å². The molecule has 3 heterocycles. The molecular weight excluding hydrogens is 580 g/mol. The summed E-state index contributed by atoms with van der Waals surface area (Å²) in [4.78, 5) is 42.9. The van der Waals surface area contributed by atoms with Crippen LogP contribution in [-0.4, -0.2) is 52.1 Å². The number of ether oxygens (including phenoxy) is 3. The van der Waals surface area contributed by atoms with Gasteiger partial charge >= 0.3 is 12.0 Å². The van der Waals surface area contributed by atoms with Crippen molar-refractivity contribution in [2.75, 3.05) is 30.0 Å². The third-order valence-corrected chi connectivity index (χ3v) is 7.24. The van der Waals surface area contributed by atoms with Crippen molar-refractivity contribution < 1.29 is 23.8 Å². The maximum absolute atomic E-state index is 13.6. The molecule has 3 aromatic carbocycles. The van der Waals surface area contributed by atoms with Crippen molar-refractivity contribution in [3.63, 3.8) is 0 Å². The first-order valence-electron chi connectivity index (χ1n) is 14.0. The van der Waals surface area contributed by atoms with Crippen molar-refractivity contribution in [1.82, 2.24) is 20.3 Å². The lowest BCUT2D eigenvalue weighted by Gasteiger charge is -2.29. The SMILES string of the molecule is COc1nc(Oc2cccc(C=C3C(=O)NC(=S)N(c4ccc(Oc5ccccc5)cc4)C3=O)c2)nc(N2CCCCC2)n1. The third kappa shape index (κ3) is 6.50. The van der Waals surface area contributed by atoms with Gasteiger partial charge in [-0.2, -0.15) is 9.97 Å². The van der Waals surface area contributed by atoms with E-state index in [4.69, 9.17) is 26.4 Å². The van der Waals surface area contributed by atoms with Crippen LogP contribution in [-0.2, 0) is 9.59 Å². The minimum Gasteiger partial charge on any atom is -0.467 e. The summed E-state index contributed by atoms with van der Waals surface area (Å²) in [6.45, 7) is 1.69. The molecule has 11 nitrogen and oxygen atoms in total. The summed E-state index contributed by atoms with van der Waals surface area (Å²) in [5, 5.41) is 2.59. The fourth-order valence-corrected chi connectivity index (χ4v) is 5.10. The number of benzene rings is 3. The number of rotatable bonds is 8. The van der Waals surface area contributed by atoms with Crippen LogP contribution in [0.5, 0.6) is 29.3 Å². The summed E-state index contributed by atoms with van der Waals surface area (Å²) in [5.41, 5.74) is 0.948. The molecular formula is C32H28N6O5S. The quantitative estimate of drug-likeness (QED) is 0.161. The Balaban J connectivity index is 1.21. The van der Waals surface area contributed by atoms with Gasteiger partial charge < -0.3 is 19.1 Å². The van der Waals surface area contributed by atoms with Gasteiger partial charge in [0.2, 0.25) is 5.95 Å². The summed E-state index contributed by atoms with van der Waals surface area (Å²) in [5.74, 6) is 1.01. The molecule has 6 rings (SSSR count). The number of hydrogen-bond acceptors (Lipinski definition) is 10. The summed E-state index contributed by atoms with van der Waals surface area (Å²) in [6, 6.07) is 23.3. The van der Waals surface area contributed by atoms with Gasteiger partial charge in [0.25, 0.3) is 11.8 Å². The molecule has 4 aromatic rings. The minimum absolute atomic E-state index is 0.0146. The second-order valence-corrected chi connectivity index (χ2v) is 10.4. The zero-order valence-electron chi connectivity index (χ0n) is 23.8. The maximum Gasteiger partial charge on any atom is 0.330 e. The number of thiocarbonyl (C=S) groups is 1. The Kier molecular flexibility index (Phi) is 8.41. The predicted octanol–water partition coefficient (Wildman–Crippen LogP) is 5.29. The van der Waals surface area contributed by atoms with Gasteiger partial charge in [0.05, 0.1) is 12.8 Å². The van der Waals surface area contributed by atoms with Crippen LogP contribution in [0.3, 0.4) is 0 Å². The van der Waals surface area contributed by atoms with E-state index >= 15 is 0 Å². The van der Waals surface area contributed by atoms with E-state index in [1.165, 1.54) is 24.5 Å². The highest BCUT2D eigenvalue weighted by atomic mass is 32.1. The number of carbonyl (C=O) groups is 2. The van der Waals surface area contributed by atoms with Crippen LogP contribution >= 0.6 is 12.2 Å². The second kappa shape index (κ2) is 12.9. The Hall–Kier alpha value is -5.36. The van der Waals surface area contributed by atoms with Gasteiger partial charge in [0.1, 0.15) is 22.8 Å². The van der Waals surface area contributed by atoms with Crippen molar-refractivity contribution in [1.29, 1.82) is 0 Å². The molecule has 222 valence electrons. The van der Waals surface area contributed by atoms with Crippen LogP contribution in [0.2, 0.25) is 0 Å². The number of anilines is 2. The fraction of sp³-hybridized carbons (Fsp3) is 0.188. The summed E-state index contributed by atoms with van der Waals surface area (Å²) in [6.07, 6.45) is 4.77. The second-order valence-electron chi connectivity index (χ2n) is 9.99. The van der Waals surface area contributed by atoms with Gasteiger partial charge in [-0.15, -0.1) is 4.98 Å². The van der Waals surface area contributed by atoms with E-state index in [0.29, 0.717) is 34.4 Å². The molecule has 44 heavy (non-hydrogen) atoms. The number of nitrogens with zero attached hydrogens (tertiary/aromatic N) is 5. The van der Waals surface area contributed by atoms with Crippen molar-refractivity contribution in [3.8, 4) is 29.3 Å². The largest absolute Gasteiger partial charge is 0.467 e. The Morgan fingerprint density at radius 2 is 1.50 bits per heavy atom. The molecule has 2 aliphatic heterocycles. The number of carbonyl (C=O) groups excluding carboxylic acids is 2. The highest BCUT2D eigenvalue weighted by Gasteiger charge is 2.34. The molecule has 0 spiro atoms. The highest BCUT2D eigenvalue weighted by molar-refractivity contribution is 7.80. The van der Waals surface area contributed by atoms with E-state index in [9.17, 15) is 9.59 Å². The molecule has 1 N–H and O–H groups in total. The molecule has 2 fully saturated rings. The number of aromatic nitrogens is 3. The molecule has 0 radical (unpaired) electrons. The van der Waals surface area contributed by atoms with Gasteiger partial charge in [-0.05, 0) is 91.7 Å². The molecule has 2 aliphatic rings. The lowest BCUT2D eigenvalue weighted by molar-refractivity contribution is -0.122. The normalized spacial score (nSPS) is 16.1. The first-order chi connectivity index (χ1) is 21.5. The summed E-state index contributed by atoms with van der Waals surface area (Å²) < 4.78 is 17.1. The van der Waals surface area contributed by atoms with Gasteiger partial charge in [0.15, 0.2) is 5.11 Å². The van der Waals surface area contributed by atoms with Crippen molar-refractivity contribution in [3.05, 3.63) is 90.0 Å². The third-order valence-electron chi connectivity index (χ3n) is 6.96. The first kappa shape index (κ1) is 28.7. The topological polar surface area (TPSA) is 119 Å². The van der Waals surface area contributed by atoms with Crippen LogP contribution < -0.4 is 29.3 Å². The number of amides is 2. The molecule has 12 heteroatoms. The average Bonchev–Trinajstić information content (AvgIpc) is 3.05. The molecule has 0 unspecified atom stereocenters. The van der Waals surface area contributed by atoms with Gasteiger partial charge in [-0.3, -0.25) is 19.8 Å². The summed E-state index contributed by atoms with van der Waals surface area (Å²) >= 11 is 5.35. The number of nitrogens with one attached hydrogen (secondary N) is 1. The monoisotopic (exact) mass is 608 g/mol. The van der Waals surface area contributed by atoms with Crippen LogP contribution in [0.15, 0.2) is 84.4 Å². The number of piperidine rings is 1. The molecule has 1 aromatic heterocycles. The lowest BCUT2D eigenvalue weighted by Crippen LogP contribution is -2.54. The molecule has 0 saturated carbocycles. The van der Waals surface area contributed by atoms with E-state index in [-0.39, 0.29) is 22.7 Å². The number of hydrogen-bond donors (Lipinski definition) is 1. The van der Waals surface area contributed by atoms with Crippen LogP contribution in [0.1, 0.15) is 24.8 Å². The van der Waals surface area contributed by atoms with Crippen molar-refractivity contribution >= 4 is 46.9 Å². The van der Waals surface area contributed by atoms with E-state index in [1.54, 1.807) is 48.5 Å². The van der Waals surface area contributed by atoms with E-state index in [2.05, 4.69) is 25.2 Å². The molecule has 2 amide bonds. The zero-order chi connectivity index (χ0) is 30.5. The molecule has 0 bridgehead atoms. The Morgan fingerprint density at radius 1 is 0.795 bits per heavy atom. The smallest absolute Gasteiger partial charge is 0.330 e. The number of para-hydroxylation sites is 1. The number of methoxy groups -OCH3 is 1. The molecule has 0 aliphatic carbocycles. The minimum atomic E-state index is -0.597. The van der Waals surface area contributed by atoms with Crippen LogP contribution in [0.25, 0.3) is 6.08 Å². The predicted molar refractivity (Wildman–Crippen MR) is 168 cm³/mol. The standard InChI is InChI=1S/C32H28N6O5S/c1-41-30-34-29(37-17-6-3-7-18-37)35-31(36-30)43-25-12-8-9-21(19-25)20-26-27(39)33-32(44)38(28(26)40)22-13-15-24(16-14-22)42-23-10-4-2-5-11-23/h2,4-5,8-16,19-20H,3,6-7,17-18H2,1H3,(H,33,39,44). The fourth-order valence-electron chi connectivity index (χ4n) is 4.82. The molecule has 0 atom stereocenters. The van der Waals surface area contributed by atoms with Crippen molar-refractivity contribution in [2.24, 2.45) is 0 Å². The summed E-state index contributed by atoms with van der Waals surface area (Å²) in [7, 11) is 1.49. The van der Waals surface area contributed by atoms with Crippen LogP contribution in [0, 0.1) is 0 Å². The van der Waals surface area contributed by atoms with Gasteiger partial charge in [0, 0.05) is 13.1 Å². The van der Waals surface area contributed by atoms with Crippen LogP contribution in [0.4, 0.5) is 11.6 Å². The highest BCUT2D eigenvalue weighted by Crippen LogP contribution is 2.28. The zero-order valence-corrected chi connectivity index (χ0v) is 24.6. The Morgan fingerprint density at radius 3 is 2.25 bits per heavy atom. The Bertz CT molecular complexity index is 1730. The first-order valence-corrected chi connectivity index (χ1v) is 14.4. The Labute approximate surface area is 259 Å². The van der Waals surface area contributed by atoms with E-state index in [0.717, 1.165) is 25.9 Å². The average molecular weight is 609 g/mol. The van der Waals surface area contributed by atoms with Crippen molar-refractivity contribution in [2.45, 2.75) is 19.3 Å².